The number of guanidine groups is 1. The number of hydrogen-bond acceptors (Lipinski definition) is 3. The molecule has 0 amide bonds. The van der Waals surface area contributed by atoms with E-state index in [2.05, 4.69) is 60.4 Å². The van der Waals surface area contributed by atoms with Gasteiger partial charge in [0.2, 0.25) is 0 Å². The molecule has 0 heterocycles. The normalized spacial score (nSPS) is 12.1. The van der Waals surface area contributed by atoms with Crippen LogP contribution >= 0.6 is 0 Å². The molecular formula is C20H36N4O. The summed E-state index contributed by atoms with van der Waals surface area (Å²) in [6.07, 6.45) is 2.06. The number of hydrogen-bond donors (Lipinski definition) is 2. The van der Waals surface area contributed by atoms with Crippen molar-refractivity contribution in [1.82, 2.24) is 15.5 Å². The Bertz CT molecular complexity index is 489. The molecule has 25 heavy (non-hydrogen) atoms. The van der Waals surface area contributed by atoms with E-state index in [9.17, 15) is 0 Å². The molecule has 0 fully saturated rings. The van der Waals surface area contributed by atoms with E-state index in [1.165, 1.54) is 5.56 Å². The quantitative estimate of drug-likeness (QED) is 0.388. The average Bonchev–Trinajstić information content (AvgIpc) is 2.59. The summed E-state index contributed by atoms with van der Waals surface area (Å²) < 4.78 is 5.18. The lowest BCUT2D eigenvalue weighted by Crippen LogP contribution is -2.41. The van der Waals surface area contributed by atoms with Crippen molar-refractivity contribution in [3.05, 3.63) is 29.8 Å². The van der Waals surface area contributed by atoms with Gasteiger partial charge in [0.15, 0.2) is 5.96 Å². The van der Waals surface area contributed by atoms with E-state index < -0.39 is 0 Å². The Balaban J connectivity index is 2.25. The molecule has 1 aromatic carbocycles. The predicted molar refractivity (Wildman–Crippen MR) is 108 cm³/mol. The van der Waals surface area contributed by atoms with E-state index in [1.807, 2.05) is 19.2 Å². The summed E-state index contributed by atoms with van der Waals surface area (Å²) in [6, 6.07) is 9.37. The molecule has 0 unspecified atom stereocenters. The molecule has 142 valence electrons. The summed E-state index contributed by atoms with van der Waals surface area (Å²) in [4.78, 5) is 6.81. The van der Waals surface area contributed by atoms with Gasteiger partial charge >= 0.3 is 0 Å². The molecule has 5 nitrogen and oxygen atoms in total. The first-order valence-corrected chi connectivity index (χ1v) is 9.31. The molecule has 0 saturated heterocycles. The van der Waals surface area contributed by atoms with Gasteiger partial charge in [-0.2, -0.15) is 0 Å². The van der Waals surface area contributed by atoms with Gasteiger partial charge in [0.05, 0.1) is 7.11 Å². The van der Waals surface area contributed by atoms with E-state index in [0.29, 0.717) is 12.1 Å². The fraction of sp³-hybridized carbons (Fsp3) is 0.650. The van der Waals surface area contributed by atoms with Crippen molar-refractivity contribution >= 4 is 5.96 Å². The molecule has 0 aromatic heterocycles. The van der Waals surface area contributed by atoms with Gasteiger partial charge in [0.25, 0.3) is 0 Å². The van der Waals surface area contributed by atoms with Gasteiger partial charge in [-0.1, -0.05) is 12.1 Å². The highest BCUT2D eigenvalue weighted by Crippen LogP contribution is 2.11. The largest absolute Gasteiger partial charge is 0.497 e. The summed E-state index contributed by atoms with van der Waals surface area (Å²) in [5, 5.41) is 6.77. The van der Waals surface area contributed by atoms with Crippen molar-refractivity contribution in [2.75, 3.05) is 33.8 Å². The first-order valence-electron chi connectivity index (χ1n) is 9.31. The average molecular weight is 349 g/mol. The standard InChI is InChI=1S/C20H36N4O/c1-16(2)24(17(3)4)15-7-13-22-20(21-5)23-14-12-18-8-10-19(25-6)11-9-18/h8-11,16-17H,7,12-15H2,1-6H3,(H2,21,22,23). The summed E-state index contributed by atoms with van der Waals surface area (Å²) in [6.45, 7) is 11.9. The molecule has 0 spiro atoms. The third-order valence-electron chi connectivity index (χ3n) is 4.30. The minimum atomic E-state index is 0.585. The number of rotatable bonds is 10. The summed E-state index contributed by atoms with van der Waals surface area (Å²) in [5.41, 5.74) is 1.29. The molecule has 1 aromatic rings. The van der Waals surface area contributed by atoms with E-state index in [1.54, 1.807) is 7.11 Å². The molecule has 0 aliphatic rings. The maximum absolute atomic E-state index is 5.18. The van der Waals surface area contributed by atoms with E-state index in [4.69, 9.17) is 4.74 Å². The fourth-order valence-electron chi connectivity index (χ4n) is 2.92. The zero-order valence-corrected chi connectivity index (χ0v) is 16.8. The minimum Gasteiger partial charge on any atom is -0.497 e. The molecule has 0 aliphatic carbocycles. The topological polar surface area (TPSA) is 48.9 Å². The van der Waals surface area contributed by atoms with Crippen molar-refractivity contribution in [1.29, 1.82) is 0 Å². The third kappa shape index (κ3) is 8.25. The van der Waals surface area contributed by atoms with Gasteiger partial charge in [-0.25, -0.2) is 0 Å². The number of nitrogens with one attached hydrogen (secondary N) is 2. The van der Waals surface area contributed by atoms with Crippen LogP contribution in [0.1, 0.15) is 39.7 Å². The number of benzene rings is 1. The highest BCUT2D eigenvalue weighted by molar-refractivity contribution is 5.79. The molecule has 0 saturated carbocycles. The second kappa shape index (κ2) is 11.7. The van der Waals surface area contributed by atoms with Crippen LogP contribution in [0.15, 0.2) is 29.3 Å². The molecule has 0 radical (unpaired) electrons. The Morgan fingerprint density at radius 3 is 2.16 bits per heavy atom. The van der Waals surface area contributed by atoms with Gasteiger partial charge in [-0.3, -0.25) is 9.89 Å². The van der Waals surface area contributed by atoms with E-state index in [-0.39, 0.29) is 0 Å². The number of methoxy groups -OCH3 is 1. The van der Waals surface area contributed by atoms with Gasteiger partial charge in [0, 0.05) is 38.8 Å². The van der Waals surface area contributed by atoms with Crippen LogP contribution in [-0.2, 0) is 6.42 Å². The maximum atomic E-state index is 5.18. The van der Waals surface area contributed by atoms with Gasteiger partial charge in [0.1, 0.15) is 5.75 Å². The lowest BCUT2D eigenvalue weighted by Gasteiger charge is -2.30. The molecule has 0 bridgehead atoms. The fourth-order valence-corrected chi connectivity index (χ4v) is 2.92. The van der Waals surface area contributed by atoms with Crippen LogP contribution in [0.4, 0.5) is 0 Å². The molecular weight excluding hydrogens is 312 g/mol. The Morgan fingerprint density at radius 2 is 1.64 bits per heavy atom. The lowest BCUT2D eigenvalue weighted by atomic mass is 10.1. The molecule has 2 N–H and O–H groups in total. The number of nitrogens with zero attached hydrogens (tertiary/aromatic N) is 2. The maximum Gasteiger partial charge on any atom is 0.190 e. The van der Waals surface area contributed by atoms with Crippen molar-refractivity contribution in [2.24, 2.45) is 4.99 Å². The Labute approximate surface area is 153 Å². The molecule has 1 rings (SSSR count). The van der Waals surface area contributed by atoms with Gasteiger partial charge < -0.3 is 15.4 Å². The van der Waals surface area contributed by atoms with Crippen LogP contribution < -0.4 is 15.4 Å². The van der Waals surface area contributed by atoms with Crippen LogP contribution in [0.25, 0.3) is 0 Å². The SMILES string of the molecule is CN=C(NCCCN(C(C)C)C(C)C)NCCc1ccc(OC)cc1. The third-order valence-corrected chi connectivity index (χ3v) is 4.30. The van der Waals surface area contributed by atoms with E-state index in [0.717, 1.165) is 44.2 Å². The van der Waals surface area contributed by atoms with Crippen LogP contribution in [0.3, 0.4) is 0 Å². The van der Waals surface area contributed by atoms with Crippen LogP contribution in [0, 0.1) is 0 Å². The van der Waals surface area contributed by atoms with Crippen LogP contribution in [0.2, 0.25) is 0 Å². The minimum absolute atomic E-state index is 0.585. The highest BCUT2D eigenvalue weighted by atomic mass is 16.5. The van der Waals surface area contributed by atoms with Gasteiger partial charge in [-0.15, -0.1) is 0 Å². The smallest absolute Gasteiger partial charge is 0.190 e. The van der Waals surface area contributed by atoms with Crippen LogP contribution in [-0.4, -0.2) is 56.7 Å². The van der Waals surface area contributed by atoms with Crippen molar-refractivity contribution < 1.29 is 4.74 Å². The first kappa shape index (κ1) is 21.3. The molecule has 0 atom stereocenters. The van der Waals surface area contributed by atoms with Crippen molar-refractivity contribution in [3.8, 4) is 5.75 Å². The summed E-state index contributed by atoms with van der Waals surface area (Å²) >= 11 is 0. The highest BCUT2D eigenvalue weighted by Gasteiger charge is 2.12. The Kier molecular flexibility index (Phi) is 10.0. The second-order valence-corrected chi connectivity index (χ2v) is 6.80. The van der Waals surface area contributed by atoms with Gasteiger partial charge in [-0.05, 0) is 58.2 Å². The zero-order valence-electron chi connectivity index (χ0n) is 16.8. The van der Waals surface area contributed by atoms with Crippen LogP contribution in [0.5, 0.6) is 5.75 Å². The van der Waals surface area contributed by atoms with Crippen molar-refractivity contribution in [3.63, 3.8) is 0 Å². The Hall–Kier alpha value is -1.75. The molecule has 5 heteroatoms. The van der Waals surface area contributed by atoms with Crippen molar-refractivity contribution in [2.45, 2.75) is 52.6 Å². The number of aliphatic imine (C=N–C) groups is 1. The first-order chi connectivity index (χ1) is 12.0. The summed E-state index contributed by atoms with van der Waals surface area (Å²) in [7, 11) is 3.50. The Morgan fingerprint density at radius 1 is 1.04 bits per heavy atom. The zero-order chi connectivity index (χ0) is 18.7. The second-order valence-electron chi connectivity index (χ2n) is 6.80. The number of ether oxygens (including phenoxy) is 1. The van der Waals surface area contributed by atoms with E-state index >= 15 is 0 Å². The summed E-state index contributed by atoms with van der Waals surface area (Å²) in [5.74, 6) is 1.76. The predicted octanol–water partition coefficient (Wildman–Crippen LogP) is 2.91. The monoisotopic (exact) mass is 348 g/mol. The lowest BCUT2D eigenvalue weighted by molar-refractivity contribution is 0.173. The molecule has 0 aliphatic heterocycles.